The van der Waals surface area contributed by atoms with E-state index in [-0.39, 0.29) is 12.1 Å². The Kier molecular flexibility index (Phi) is 4.68. The molecule has 6 heteroatoms. The summed E-state index contributed by atoms with van der Waals surface area (Å²) in [4.78, 5) is 6.56. The van der Waals surface area contributed by atoms with Crippen molar-refractivity contribution in [1.29, 1.82) is 0 Å². The number of hydrogen-bond acceptors (Lipinski definition) is 6. The van der Waals surface area contributed by atoms with Crippen LogP contribution in [-0.2, 0) is 4.74 Å². The molecule has 1 aliphatic heterocycles. The molecule has 0 aliphatic carbocycles. The highest BCUT2D eigenvalue weighted by Gasteiger charge is 2.25. The summed E-state index contributed by atoms with van der Waals surface area (Å²) in [5.41, 5.74) is 6.00. The normalized spacial score (nSPS) is 23.2. The molecule has 1 aromatic heterocycles. The summed E-state index contributed by atoms with van der Waals surface area (Å²) in [5, 5.41) is 3.99. The maximum Gasteiger partial charge on any atom is 0.243 e. The van der Waals surface area contributed by atoms with E-state index >= 15 is 0 Å². The largest absolute Gasteiger partial charge is 0.367 e. The van der Waals surface area contributed by atoms with E-state index in [1.54, 1.807) is 0 Å². The number of rotatable bonds is 5. The quantitative estimate of drug-likeness (QED) is 0.852. The molecule has 18 heavy (non-hydrogen) atoms. The van der Waals surface area contributed by atoms with Crippen molar-refractivity contribution in [3.05, 3.63) is 11.7 Å². The highest BCUT2D eigenvalue weighted by atomic mass is 16.5. The van der Waals surface area contributed by atoms with Crippen LogP contribution in [0.15, 0.2) is 4.52 Å². The molecule has 0 amide bonds. The molecule has 0 spiro atoms. The van der Waals surface area contributed by atoms with E-state index in [0.29, 0.717) is 18.3 Å². The second kappa shape index (κ2) is 6.26. The summed E-state index contributed by atoms with van der Waals surface area (Å²) in [6.07, 6.45) is 2.97. The van der Waals surface area contributed by atoms with Crippen LogP contribution in [0.3, 0.4) is 0 Å². The van der Waals surface area contributed by atoms with Crippen LogP contribution >= 0.6 is 0 Å². The molecule has 2 atom stereocenters. The van der Waals surface area contributed by atoms with Crippen molar-refractivity contribution in [3.63, 3.8) is 0 Å². The van der Waals surface area contributed by atoms with Crippen LogP contribution in [0.1, 0.15) is 50.0 Å². The SMILES string of the molecule is CCCCC(N)c1nc(C2CN(C)CCO2)no1. The number of likely N-dealkylation sites (N-methyl/N-ethyl adjacent to an activating group) is 1. The van der Waals surface area contributed by atoms with E-state index in [0.717, 1.165) is 32.4 Å². The molecular formula is C12H22N4O2. The summed E-state index contributed by atoms with van der Waals surface area (Å²) in [5.74, 6) is 1.14. The standard InChI is InChI=1S/C12H22N4O2/c1-3-4-5-9(13)12-14-11(15-18-12)10-8-16(2)6-7-17-10/h9-10H,3-8,13H2,1-2H3. The van der Waals surface area contributed by atoms with E-state index in [1.807, 2.05) is 0 Å². The lowest BCUT2D eigenvalue weighted by Crippen LogP contribution is -2.35. The molecule has 6 nitrogen and oxygen atoms in total. The first-order valence-corrected chi connectivity index (χ1v) is 6.60. The molecule has 0 bridgehead atoms. The molecule has 2 rings (SSSR count). The fraction of sp³-hybridized carbons (Fsp3) is 0.833. The Hall–Kier alpha value is -0.980. The molecule has 2 unspecified atom stereocenters. The second-order valence-electron chi connectivity index (χ2n) is 4.86. The summed E-state index contributed by atoms with van der Waals surface area (Å²) in [6, 6.07) is -0.160. The first kappa shape index (κ1) is 13.5. The van der Waals surface area contributed by atoms with Crippen LogP contribution in [0.4, 0.5) is 0 Å². The molecule has 1 aliphatic rings. The molecule has 1 fully saturated rings. The summed E-state index contributed by atoms with van der Waals surface area (Å²) in [7, 11) is 2.06. The number of aromatic nitrogens is 2. The van der Waals surface area contributed by atoms with Gasteiger partial charge < -0.3 is 19.9 Å². The van der Waals surface area contributed by atoms with Crippen molar-refractivity contribution in [1.82, 2.24) is 15.0 Å². The van der Waals surface area contributed by atoms with E-state index in [1.165, 1.54) is 0 Å². The lowest BCUT2D eigenvalue weighted by atomic mass is 10.1. The predicted octanol–water partition coefficient (Wildman–Crippen LogP) is 1.26. The second-order valence-corrected chi connectivity index (χ2v) is 4.86. The van der Waals surface area contributed by atoms with Gasteiger partial charge in [0.05, 0.1) is 12.6 Å². The Morgan fingerprint density at radius 3 is 3.11 bits per heavy atom. The number of ether oxygens (including phenoxy) is 1. The van der Waals surface area contributed by atoms with Gasteiger partial charge in [0.25, 0.3) is 0 Å². The van der Waals surface area contributed by atoms with Gasteiger partial charge in [0.2, 0.25) is 11.7 Å². The van der Waals surface area contributed by atoms with Crippen LogP contribution < -0.4 is 5.73 Å². The minimum atomic E-state index is -0.160. The van der Waals surface area contributed by atoms with Gasteiger partial charge in [0.1, 0.15) is 6.10 Å². The third-order valence-corrected chi connectivity index (χ3v) is 3.20. The number of nitrogens with zero attached hydrogens (tertiary/aromatic N) is 3. The van der Waals surface area contributed by atoms with Gasteiger partial charge in [-0.3, -0.25) is 0 Å². The fourth-order valence-corrected chi connectivity index (χ4v) is 2.01. The molecule has 2 heterocycles. The number of hydrogen-bond donors (Lipinski definition) is 1. The zero-order chi connectivity index (χ0) is 13.0. The summed E-state index contributed by atoms with van der Waals surface area (Å²) >= 11 is 0. The van der Waals surface area contributed by atoms with Crippen LogP contribution in [0.5, 0.6) is 0 Å². The van der Waals surface area contributed by atoms with Crippen molar-refractivity contribution < 1.29 is 9.26 Å². The van der Waals surface area contributed by atoms with Crippen molar-refractivity contribution in [2.75, 3.05) is 26.7 Å². The van der Waals surface area contributed by atoms with Gasteiger partial charge in [-0.2, -0.15) is 4.98 Å². The smallest absolute Gasteiger partial charge is 0.243 e. The Morgan fingerprint density at radius 2 is 2.39 bits per heavy atom. The topological polar surface area (TPSA) is 77.4 Å². The Morgan fingerprint density at radius 1 is 1.56 bits per heavy atom. The van der Waals surface area contributed by atoms with Gasteiger partial charge in [0, 0.05) is 13.1 Å². The van der Waals surface area contributed by atoms with Gasteiger partial charge in [-0.15, -0.1) is 0 Å². The highest BCUT2D eigenvalue weighted by molar-refractivity contribution is 4.96. The third-order valence-electron chi connectivity index (χ3n) is 3.20. The predicted molar refractivity (Wildman–Crippen MR) is 66.9 cm³/mol. The molecule has 2 N–H and O–H groups in total. The first-order chi connectivity index (χ1) is 8.70. The molecule has 1 saturated heterocycles. The van der Waals surface area contributed by atoms with Crippen LogP contribution in [0, 0.1) is 0 Å². The van der Waals surface area contributed by atoms with Crippen molar-refractivity contribution in [2.24, 2.45) is 5.73 Å². The molecular weight excluding hydrogens is 232 g/mol. The van der Waals surface area contributed by atoms with Crippen molar-refractivity contribution in [3.8, 4) is 0 Å². The van der Waals surface area contributed by atoms with Crippen LogP contribution in [0.2, 0.25) is 0 Å². The van der Waals surface area contributed by atoms with Gasteiger partial charge in [-0.1, -0.05) is 24.9 Å². The lowest BCUT2D eigenvalue weighted by Gasteiger charge is -2.27. The molecule has 102 valence electrons. The van der Waals surface area contributed by atoms with E-state index < -0.39 is 0 Å². The van der Waals surface area contributed by atoms with Gasteiger partial charge in [-0.05, 0) is 13.5 Å². The van der Waals surface area contributed by atoms with Crippen LogP contribution in [-0.4, -0.2) is 41.8 Å². The monoisotopic (exact) mass is 254 g/mol. The van der Waals surface area contributed by atoms with E-state index in [9.17, 15) is 0 Å². The lowest BCUT2D eigenvalue weighted by molar-refractivity contribution is -0.0264. The van der Waals surface area contributed by atoms with E-state index in [4.69, 9.17) is 15.0 Å². The maximum atomic E-state index is 6.00. The zero-order valence-electron chi connectivity index (χ0n) is 11.1. The average molecular weight is 254 g/mol. The summed E-state index contributed by atoms with van der Waals surface area (Å²) in [6.45, 7) is 4.57. The van der Waals surface area contributed by atoms with Gasteiger partial charge >= 0.3 is 0 Å². The minimum absolute atomic E-state index is 0.0976. The van der Waals surface area contributed by atoms with Gasteiger partial charge in [-0.25, -0.2) is 0 Å². The average Bonchev–Trinajstić information content (AvgIpc) is 2.85. The molecule has 0 saturated carbocycles. The molecule has 0 radical (unpaired) electrons. The number of nitrogens with two attached hydrogens (primary N) is 1. The Bertz CT molecular complexity index is 369. The van der Waals surface area contributed by atoms with Crippen molar-refractivity contribution >= 4 is 0 Å². The number of morpholine rings is 1. The van der Waals surface area contributed by atoms with Crippen molar-refractivity contribution in [2.45, 2.75) is 38.3 Å². The molecule has 1 aromatic rings. The molecule has 0 aromatic carbocycles. The van der Waals surface area contributed by atoms with Crippen LogP contribution in [0.25, 0.3) is 0 Å². The Labute approximate surface area is 107 Å². The Balaban J connectivity index is 1.96. The maximum absolute atomic E-state index is 6.00. The zero-order valence-corrected chi connectivity index (χ0v) is 11.1. The number of unbranched alkanes of at least 4 members (excludes halogenated alkanes) is 1. The fourth-order valence-electron chi connectivity index (χ4n) is 2.01. The highest BCUT2D eigenvalue weighted by Crippen LogP contribution is 2.21. The van der Waals surface area contributed by atoms with E-state index in [2.05, 4.69) is 29.0 Å². The van der Waals surface area contributed by atoms with Gasteiger partial charge in [0.15, 0.2) is 0 Å². The third kappa shape index (κ3) is 3.28. The summed E-state index contributed by atoms with van der Waals surface area (Å²) < 4.78 is 10.9. The minimum Gasteiger partial charge on any atom is -0.367 e. The first-order valence-electron chi connectivity index (χ1n) is 6.60.